The fourth-order valence-corrected chi connectivity index (χ4v) is 8.33. The Bertz CT molecular complexity index is 518. The Morgan fingerprint density at radius 2 is 1.92 bits per heavy atom. The van der Waals surface area contributed by atoms with Gasteiger partial charge in [-0.2, -0.15) is 0 Å². The van der Waals surface area contributed by atoms with Crippen molar-refractivity contribution in [3.8, 4) is 0 Å². The van der Waals surface area contributed by atoms with Crippen molar-refractivity contribution >= 4 is 31.9 Å². The van der Waals surface area contributed by atoms with Gasteiger partial charge in [0.25, 0.3) is 0 Å². The van der Waals surface area contributed by atoms with Gasteiger partial charge in [-0.25, -0.2) is 0 Å². The van der Waals surface area contributed by atoms with E-state index in [9.17, 15) is 10.2 Å². The topological polar surface area (TPSA) is 40.5 Å². The molecule has 24 heavy (non-hydrogen) atoms. The molecule has 2 saturated carbocycles. The lowest BCUT2D eigenvalue weighted by atomic mass is 9.42. The van der Waals surface area contributed by atoms with Gasteiger partial charge in [-0.3, -0.25) is 0 Å². The zero-order valence-electron chi connectivity index (χ0n) is 15.3. The average Bonchev–Trinajstić information content (AvgIpc) is 2.52. The molecule has 3 aliphatic rings. The molecule has 4 heteroatoms. The van der Waals surface area contributed by atoms with E-state index in [0.29, 0.717) is 24.2 Å². The Kier molecular flexibility index (Phi) is 5.13. The van der Waals surface area contributed by atoms with Gasteiger partial charge in [-0.05, 0) is 61.2 Å². The summed E-state index contributed by atoms with van der Waals surface area (Å²) in [4.78, 5) is 0.256. The van der Waals surface area contributed by atoms with E-state index in [0.717, 1.165) is 18.2 Å². The standard InChI is InChI=1S/C20H32Br2O2/c1-12(2)13-6-5-7-14-17-18(3,8-9-20(13,14)11-21)15(22)10-16(23)19(17,4)24/h5,7,12-17,23-24H,6,8-11H2,1-4H3/t13-,14?,15-,16-,17?,18+,19+,20-/m0/s1. The number of allylic oxidation sites excluding steroid dienone is 2. The van der Waals surface area contributed by atoms with Crippen LogP contribution in [-0.2, 0) is 0 Å². The first-order chi connectivity index (χ1) is 11.1. The van der Waals surface area contributed by atoms with E-state index in [-0.39, 0.29) is 21.6 Å². The molecule has 2 nitrogen and oxygen atoms in total. The summed E-state index contributed by atoms with van der Waals surface area (Å²) >= 11 is 7.74. The van der Waals surface area contributed by atoms with Gasteiger partial charge in [0.1, 0.15) is 0 Å². The molecule has 0 heterocycles. The first kappa shape index (κ1) is 19.4. The second-order valence-electron chi connectivity index (χ2n) is 9.34. The van der Waals surface area contributed by atoms with Crippen LogP contribution in [-0.4, -0.2) is 32.1 Å². The molecule has 3 aliphatic carbocycles. The van der Waals surface area contributed by atoms with Gasteiger partial charge in [0, 0.05) is 16.1 Å². The number of aliphatic hydroxyl groups excluding tert-OH is 1. The van der Waals surface area contributed by atoms with Crippen LogP contribution in [0.2, 0.25) is 0 Å². The Labute approximate surface area is 163 Å². The SMILES string of the molecule is CC(C)[C@@H]1CC=CC2C3[C@](C)(O)[C@@H](O)C[C@H](Br)[C@@]3(C)CC[C@@]21CBr. The quantitative estimate of drug-likeness (QED) is 0.451. The minimum Gasteiger partial charge on any atom is -0.390 e. The Balaban J connectivity index is 2.13. The van der Waals surface area contributed by atoms with Crippen molar-refractivity contribution in [2.75, 3.05) is 5.33 Å². The largest absolute Gasteiger partial charge is 0.390 e. The van der Waals surface area contributed by atoms with Crippen LogP contribution in [0.5, 0.6) is 0 Å². The molecule has 2 N–H and O–H groups in total. The van der Waals surface area contributed by atoms with Crippen LogP contribution in [0.3, 0.4) is 0 Å². The van der Waals surface area contributed by atoms with Gasteiger partial charge in [0.15, 0.2) is 0 Å². The average molecular weight is 464 g/mol. The summed E-state index contributed by atoms with van der Waals surface area (Å²) in [5, 5.41) is 23.0. The van der Waals surface area contributed by atoms with Crippen LogP contribution in [0.25, 0.3) is 0 Å². The molecule has 0 saturated heterocycles. The predicted molar refractivity (Wildman–Crippen MR) is 107 cm³/mol. The Hall–Kier alpha value is 0.620. The van der Waals surface area contributed by atoms with Gasteiger partial charge in [-0.15, -0.1) is 0 Å². The third-order valence-corrected chi connectivity index (χ3v) is 10.3. The van der Waals surface area contributed by atoms with E-state index in [4.69, 9.17) is 0 Å². The van der Waals surface area contributed by atoms with Crippen molar-refractivity contribution in [2.24, 2.45) is 34.5 Å². The normalized spacial score (nSPS) is 54.5. The van der Waals surface area contributed by atoms with E-state index < -0.39 is 11.7 Å². The summed E-state index contributed by atoms with van der Waals surface area (Å²) in [6, 6.07) is 0. The molecule has 0 aromatic carbocycles. The number of alkyl halides is 2. The van der Waals surface area contributed by atoms with Crippen molar-refractivity contribution in [2.45, 2.75) is 69.9 Å². The van der Waals surface area contributed by atoms with Gasteiger partial charge in [-0.1, -0.05) is 64.8 Å². The van der Waals surface area contributed by atoms with Crippen molar-refractivity contribution in [3.63, 3.8) is 0 Å². The second-order valence-corrected chi connectivity index (χ2v) is 11.0. The maximum atomic E-state index is 11.4. The van der Waals surface area contributed by atoms with Gasteiger partial charge < -0.3 is 10.2 Å². The monoisotopic (exact) mass is 462 g/mol. The van der Waals surface area contributed by atoms with Crippen LogP contribution in [0.1, 0.15) is 53.4 Å². The highest BCUT2D eigenvalue weighted by Gasteiger charge is 2.66. The van der Waals surface area contributed by atoms with Crippen LogP contribution in [0, 0.1) is 34.5 Å². The van der Waals surface area contributed by atoms with Gasteiger partial charge >= 0.3 is 0 Å². The van der Waals surface area contributed by atoms with Gasteiger partial charge in [0.05, 0.1) is 11.7 Å². The lowest BCUT2D eigenvalue weighted by molar-refractivity contribution is -0.214. The lowest BCUT2D eigenvalue weighted by Crippen LogP contribution is -2.68. The zero-order chi connectivity index (χ0) is 17.9. The van der Waals surface area contributed by atoms with Crippen LogP contribution in [0.4, 0.5) is 0 Å². The Morgan fingerprint density at radius 3 is 2.50 bits per heavy atom. The molecule has 0 spiro atoms. The highest BCUT2D eigenvalue weighted by Crippen LogP contribution is 2.67. The van der Waals surface area contributed by atoms with Gasteiger partial charge in [0.2, 0.25) is 0 Å². The first-order valence-corrected chi connectivity index (χ1v) is 11.4. The first-order valence-electron chi connectivity index (χ1n) is 9.38. The van der Waals surface area contributed by atoms with E-state index in [1.165, 1.54) is 6.42 Å². The lowest BCUT2D eigenvalue weighted by Gasteiger charge is -2.66. The fraction of sp³-hybridized carbons (Fsp3) is 0.900. The van der Waals surface area contributed by atoms with E-state index >= 15 is 0 Å². The van der Waals surface area contributed by atoms with E-state index in [1.54, 1.807) is 0 Å². The molecule has 138 valence electrons. The van der Waals surface area contributed by atoms with Crippen LogP contribution < -0.4 is 0 Å². The summed E-state index contributed by atoms with van der Waals surface area (Å²) in [5.41, 5.74) is -0.843. The highest BCUT2D eigenvalue weighted by molar-refractivity contribution is 9.09. The highest BCUT2D eigenvalue weighted by atomic mass is 79.9. The molecule has 2 unspecified atom stereocenters. The molecular weight excluding hydrogens is 432 g/mol. The van der Waals surface area contributed by atoms with E-state index in [2.05, 4.69) is 64.8 Å². The number of fused-ring (bicyclic) bond motifs is 3. The van der Waals surface area contributed by atoms with Crippen LogP contribution >= 0.6 is 31.9 Å². The molecule has 8 atom stereocenters. The number of halogens is 2. The van der Waals surface area contributed by atoms with Crippen molar-refractivity contribution < 1.29 is 10.2 Å². The Morgan fingerprint density at radius 1 is 1.25 bits per heavy atom. The molecule has 0 radical (unpaired) electrons. The zero-order valence-corrected chi connectivity index (χ0v) is 18.5. The number of hydrogen-bond acceptors (Lipinski definition) is 2. The molecule has 0 amide bonds. The van der Waals surface area contributed by atoms with Crippen molar-refractivity contribution in [3.05, 3.63) is 12.2 Å². The summed E-state index contributed by atoms with van der Waals surface area (Å²) in [6.07, 6.45) is 8.10. The number of hydrogen-bond donors (Lipinski definition) is 2. The third-order valence-electron chi connectivity index (χ3n) is 7.84. The minimum atomic E-state index is -1.04. The van der Waals surface area contributed by atoms with E-state index in [1.807, 2.05) is 6.92 Å². The summed E-state index contributed by atoms with van der Waals surface area (Å²) in [6.45, 7) is 8.86. The molecular formula is C20H32Br2O2. The summed E-state index contributed by atoms with van der Waals surface area (Å²) in [7, 11) is 0. The summed E-state index contributed by atoms with van der Waals surface area (Å²) in [5.74, 6) is 1.63. The van der Waals surface area contributed by atoms with Crippen LogP contribution in [0.15, 0.2) is 12.2 Å². The molecule has 0 bridgehead atoms. The number of aliphatic hydroxyl groups is 2. The smallest absolute Gasteiger partial charge is 0.0917 e. The molecule has 0 aromatic heterocycles. The molecule has 0 aliphatic heterocycles. The number of rotatable bonds is 2. The molecule has 3 rings (SSSR count). The molecule has 2 fully saturated rings. The van der Waals surface area contributed by atoms with Crippen molar-refractivity contribution in [1.29, 1.82) is 0 Å². The fourth-order valence-electron chi connectivity index (χ4n) is 6.39. The summed E-state index contributed by atoms with van der Waals surface area (Å²) < 4.78 is 0. The third kappa shape index (κ3) is 2.53. The maximum absolute atomic E-state index is 11.4. The van der Waals surface area contributed by atoms with Crippen molar-refractivity contribution in [1.82, 2.24) is 0 Å². The predicted octanol–water partition coefficient (Wildman–Crippen LogP) is 4.91. The second kappa shape index (κ2) is 6.35. The minimum absolute atomic E-state index is 0.0161. The maximum Gasteiger partial charge on any atom is 0.0917 e. The molecule has 0 aromatic rings.